The Labute approximate surface area is 203 Å². The van der Waals surface area contributed by atoms with Crippen LogP contribution in [0.25, 0.3) is 10.4 Å². The Bertz CT molecular complexity index is 1020. The molecule has 0 unspecified atom stereocenters. The molecule has 0 radical (unpaired) electrons. The molecule has 5 rings (SSSR count). The summed E-state index contributed by atoms with van der Waals surface area (Å²) in [6.07, 6.45) is 6.54. The van der Waals surface area contributed by atoms with E-state index in [1.54, 1.807) is 6.08 Å². The minimum Gasteiger partial charge on any atom is -0.462 e. The van der Waals surface area contributed by atoms with Crippen LogP contribution in [0.1, 0.15) is 64.7 Å². The maximum Gasteiger partial charge on any atom is 0.331 e. The van der Waals surface area contributed by atoms with Gasteiger partial charge >= 0.3 is 11.9 Å². The summed E-state index contributed by atoms with van der Waals surface area (Å²) >= 11 is 0. The van der Waals surface area contributed by atoms with Crippen LogP contribution in [0.4, 0.5) is 0 Å². The smallest absolute Gasteiger partial charge is 0.331 e. The molecule has 0 aromatic carbocycles. The van der Waals surface area contributed by atoms with Crippen LogP contribution in [0.5, 0.6) is 0 Å². The van der Waals surface area contributed by atoms with Gasteiger partial charge in [0.05, 0.1) is 16.6 Å². The van der Waals surface area contributed by atoms with Crippen LogP contribution < -0.4 is 0 Å². The van der Waals surface area contributed by atoms with E-state index in [4.69, 9.17) is 15.0 Å². The maximum absolute atomic E-state index is 12.8. The summed E-state index contributed by atoms with van der Waals surface area (Å²) in [4.78, 5) is 39.0. The number of cyclic esters (lactones) is 1. The SMILES string of the molecule is C[C@]12CC[C@H]3[C@@H](CC[C@]4(O)C[C@@H](OC(=O)CN=[N+]=[N-])CC[C@]34C=O)[C@@]1(O)CC[C@@H]2C1=CC(=O)OC1. The number of rotatable bonds is 5. The average molecular weight is 488 g/mol. The van der Waals surface area contributed by atoms with Crippen LogP contribution in [0.3, 0.4) is 0 Å². The quantitative estimate of drug-likeness (QED) is 0.198. The fourth-order valence-electron chi connectivity index (χ4n) is 8.73. The van der Waals surface area contributed by atoms with Crippen molar-refractivity contribution >= 4 is 18.2 Å². The number of ether oxygens (including phenoxy) is 2. The first-order valence-corrected chi connectivity index (χ1v) is 12.6. The lowest BCUT2D eigenvalue weighted by molar-refractivity contribution is -0.249. The van der Waals surface area contributed by atoms with Gasteiger partial charge < -0.3 is 24.5 Å². The van der Waals surface area contributed by atoms with Gasteiger partial charge in [-0.2, -0.15) is 0 Å². The lowest BCUT2D eigenvalue weighted by Crippen LogP contribution is -2.69. The Kier molecular flexibility index (Phi) is 5.77. The molecule has 0 spiro atoms. The number of azide groups is 1. The zero-order valence-electron chi connectivity index (χ0n) is 20.0. The van der Waals surface area contributed by atoms with Crippen molar-refractivity contribution in [2.75, 3.05) is 13.2 Å². The normalized spacial score (nSPS) is 46.3. The van der Waals surface area contributed by atoms with Gasteiger partial charge in [-0.15, -0.1) is 0 Å². The van der Waals surface area contributed by atoms with Crippen molar-refractivity contribution in [3.05, 3.63) is 22.1 Å². The highest BCUT2D eigenvalue weighted by molar-refractivity contribution is 5.85. The predicted molar refractivity (Wildman–Crippen MR) is 121 cm³/mol. The molecule has 1 aliphatic heterocycles. The fraction of sp³-hybridized carbons (Fsp3) is 0.800. The van der Waals surface area contributed by atoms with Crippen LogP contribution in [0.15, 0.2) is 16.8 Å². The molecule has 0 saturated heterocycles. The summed E-state index contributed by atoms with van der Waals surface area (Å²) in [5.74, 6) is -1.23. The third-order valence-corrected chi connectivity index (χ3v) is 10.4. The van der Waals surface area contributed by atoms with E-state index in [0.29, 0.717) is 44.9 Å². The largest absolute Gasteiger partial charge is 0.462 e. The van der Waals surface area contributed by atoms with Crippen LogP contribution in [-0.2, 0) is 23.9 Å². The molecular weight excluding hydrogens is 454 g/mol. The van der Waals surface area contributed by atoms with E-state index in [9.17, 15) is 24.6 Å². The molecule has 2 N–H and O–H groups in total. The van der Waals surface area contributed by atoms with E-state index < -0.39 is 40.7 Å². The summed E-state index contributed by atoms with van der Waals surface area (Å²) < 4.78 is 10.6. The number of nitrogens with zero attached hydrogens (tertiary/aromatic N) is 3. The molecule has 8 atom stereocenters. The molecule has 190 valence electrons. The maximum atomic E-state index is 12.8. The van der Waals surface area contributed by atoms with Crippen molar-refractivity contribution in [3.8, 4) is 0 Å². The molecule has 35 heavy (non-hydrogen) atoms. The van der Waals surface area contributed by atoms with Crippen LogP contribution >= 0.6 is 0 Å². The van der Waals surface area contributed by atoms with E-state index >= 15 is 0 Å². The predicted octanol–water partition coefficient (Wildman–Crippen LogP) is 2.76. The number of carbonyl (C=O) groups is 3. The van der Waals surface area contributed by atoms with Gasteiger partial charge in [-0.1, -0.05) is 12.0 Å². The highest BCUT2D eigenvalue weighted by Gasteiger charge is 2.71. The van der Waals surface area contributed by atoms with Crippen LogP contribution in [0, 0.1) is 28.6 Å². The van der Waals surface area contributed by atoms with Crippen LogP contribution in [0.2, 0.25) is 0 Å². The van der Waals surface area contributed by atoms with Crippen molar-refractivity contribution in [1.29, 1.82) is 0 Å². The first-order valence-electron chi connectivity index (χ1n) is 12.6. The van der Waals surface area contributed by atoms with Crippen molar-refractivity contribution in [2.45, 2.75) is 82.0 Å². The van der Waals surface area contributed by atoms with E-state index in [2.05, 4.69) is 16.9 Å². The van der Waals surface area contributed by atoms with Crippen molar-refractivity contribution in [2.24, 2.45) is 33.7 Å². The number of hydrogen-bond acceptors (Lipinski definition) is 8. The van der Waals surface area contributed by atoms with Gasteiger partial charge in [0, 0.05) is 22.8 Å². The third-order valence-electron chi connectivity index (χ3n) is 10.4. The highest BCUT2D eigenvalue weighted by Crippen LogP contribution is 2.70. The zero-order chi connectivity index (χ0) is 25.1. The van der Waals surface area contributed by atoms with Gasteiger partial charge in [0.1, 0.15) is 25.5 Å². The van der Waals surface area contributed by atoms with E-state index in [0.717, 1.165) is 18.3 Å². The molecule has 0 amide bonds. The van der Waals surface area contributed by atoms with E-state index in [1.807, 2.05) is 0 Å². The summed E-state index contributed by atoms with van der Waals surface area (Å²) in [5, 5.41) is 27.3. The molecule has 0 aromatic heterocycles. The van der Waals surface area contributed by atoms with E-state index in [1.165, 1.54) is 0 Å². The molecule has 0 aromatic rings. The number of esters is 2. The van der Waals surface area contributed by atoms with Gasteiger partial charge in [0.25, 0.3) is 0 Å². The lowest BCUT2D eigenvalue weighted by atomic mass is 9.41. The Morgan fingerprint density at radius 3 is 2.69 bits per heavy atom. The van der Waals surface area contributed by atoms with Crippen molar-refractivity contribution < 1.29 is 34.1 Å². The average Bonchev–Trinajstić information content (AvgIpc) is 3.37. The number of aliphatic hydroxyl groups is 2. The minimum absolute atomic E-state index is 0.0547. The van der Waals surface area contributed by atoms with Gasteiger partial charge in [0.2, 0.25) is 0 Å². The van der Waals surface area contributed by atoms with E-state index in [-0.39, 0.29) is 36.8 Å². The third kappa shape index (κ3) is 3.37. The Morgan fingerprint density at radius 1 is 1.23 bits per heavy atom. The summed E-state index contributed by atoms with van der Waals surface area (Å²) in [6, 6.07) is 0. The second-order valence-electron chi connectivity index (χ2n) is 11.5. The molecule has 4 aliphatic carbocycles. The number of aldehydes is 1. The van der Waals surface area contributed by atoms with Crippen molar-refractivity contribution in [1.82, 2.24) is 0 Å². The van der Waals surface area contributed by atoms with Crippen LogP contribution in [-0.4, -0.2) is 58.9 Å². The lowest BCUT2D eigenvalue weighted by Gasteiger charge is -2.65. The molecule has 4 saturated carbocycles. The Balaban J connectivity index is 1.40. The second kappa shape index (κ2) is 8.32. The molecule has 1 heterocycles. The first kappa shape index (κ1) is 24.3. The minimum atomic E-state index is -1.33. The number of hydrogen-bond donors (Lipinski definition) is 2. The first-order chi connectivity index (χ1) is 16.6. The monoisotopic (exact) mass is 487 g/mol. The van der Waals surface area contributed by atoms with Gasteiger partial charge in [-0.05, 0) is 80.2 Å². The summed E-state index contributed by atoms with van der Waals surface area (Å²) in [6.45, 7) is 1.98. The topological polar surface area (TPSA) is 159 Å². The Morgan fingerprint density at radius 2 is 2.00 bits per heavy atom. The molecule has 10 heteroatoms. The van der Waals surface area contributed by atoms with Crippen molar-refractivity contribution in [3.63, 3.8) is 0 Å². The number of carbonyl (C=O) groups excluding carboxylic acids is 3. The second-order valence-corrected chi connectivity index (χ2v) is 11.5. The fourth-order valence-corrected chi connectivity index (χ4v) is 8.73. The summed E-state index contributed by atoms with van der Waals surface area (Å²) in [7, 11) is 0. The molecular formula is C25H33N3O7. The molecule has 0 bridgehead atoms. The molecule has 10 nitrogen and oxygen atoms in total. The zero-order valence-corrected chi connectivity index (χ0v) is 20.0. The Hall–Kier alpha value is -2.42. The summed E-state index contributed by atoms with van der Waals surface area (Å²) in [5.41, 5.74) is 5.60. The molecule has 4 fully saturated rings. The molecule has 5 aliphatic rings. The van der Waals surface area contributed by atoms with Gasteiger partial charge in [0.15, 0.2) is 0 Å². The number of fused-ring (bicyclic) bond motifs is 5. The standard InChI is InChI=1S/C25H33N3O7/c1-22-6-3-18-19(25(22,33)9-5-17(22)15-10-20(30)34-13-15)4-8-24(32)11-16(2-7-23(18,24)14-29)35-21(31)12-27-28-26/h10,14,16-19,32-33H,2-9,11-13H2,1H3/t16-,17+,18-,19+,22+,23-,24-,25-/m0/s1. The van der Waals surface area contributed by atoms with Gasteiger partial charge in [-0.3, -0.25) is 4.79 Å². The highest BCUT2D eigenvalue weighted by atomic mass is 16.5. The van der Waals surface area contributed by atoms with Gasteiger partial charge in [-0.25, -0.2) is 4.79 Å².